The lowest BCUT2D eigenvalue weighted by atomic mass is 10.0. The number of anilines is 1. The van der Waals surface area contributed by atoms with Crippen LogP contribution in [0.2, 0.25) is 0 Å². The number of benzene rings is 1. The topological polar surface area (TPSA) is 113 Å². The van der Waals surface area contributed by atoms with Gasteiger partial charge in [-0.2, -0.15) is 0 Å². The van der Waals surface area contributed by atoms with Crippen LogP contribution < -0.4 is 10.5 Å². The highest BCUT2D eigenvalue weighted by Crippen LogP contribution is 2.40. The molecule has 1 aliphatic carbocycles. The van der Waals surface area contributed by atoms with Crippen LogP contribution in [0, 0.1) is 12.3 Å². The van der Waals surface area contributed by atoms with Gasteiger partial charge in [0.2, 0.25) is 0 Å². The summed E-state index contributed by atoms with van der Waals surface area (Å²) in [7, 11) is 0. The van der Waals surface area contributed by atoms with Crippen LogP contribution in [0.3, 0.4) is 0 Å². The summed E-state index contributed by atoms with van der Waals surface area (Å²) in [6.45, 7) is 5.45. The van der Waals surface area contributed by atoms with E-state index in [2.05, 4.69) is 26.8 Å². The molecule has 0 atom stereocenters. The smallest absolute Gasteiger partial charge is 0.191 e. The Kier molecular flexibility index (Phi) is 4.64. The summed E-state index contributed by atoms with van der Waals surface area (Å²) < 4.78 is 11.7. The summed E-state index contributed by atoms with van der Waals surface area (Å²) in [6.07, 6.45) is 6.94. The predicted octanol–water partition coefficient (Wildman–Crippen LogP) is 3.64. The van der Waals surface area contributed by atoms with Crippen LogP contribution in [0.25, 0.3) is 0 Å². The molecule has 0 bridgehead atoms. The highest BCUT2D eigenvalue weighted by Gasteiger charge is 2.40. The van der Waals surface area contributed by atoms with Gasteiger partial charge in [-0.25, -0.2) is 15.0 Å². The molecule has 8 nitrogen and oxygen atoms in total. The Balaban J connectivity index is 1.32. The van der Waals surface area contributed by atoms with E-state index in [0.29, 0.717) is 35.8 Å². The lowest BCUT2D eigenvalue weighted by molar-refractivity contribution is 0.200. The molecule has 160 valence electrons. The first-order valence-corrected chi connectivity index (χ1v) is 10.6. The van der Waals surface area contributed by atoms with Crippen molar-refractivity contribution in [3.63, 3.8) is 0 Å². The number of rotatable bonds is 4. The van der Waals surface area contributed by atoms with Crippen LogP contribution in [-0.2, 0) is 13.0 Å². The molecule has 0 unspecified atom stereocenters. The van der Waals surface area contributed by atoms with Gasteiger partial charge in [0.1, 0.15) is 35.0 Å². The third kappa shape index (κ3) is 3.97. The minimum atomic E-state index is -0.0885. The van der Waals surface area contributed by atoms with Crippen molar-refractivity contribution in [1.29, 1.82) is 5.41 Å². The van der Waals surface area contributed by atoms with Gasteiger partial charge in [-0.3, -0.25) is 5.41 Å². The van der Waals surface area contributed by atoms with Crippen molar-refractivity contribution in [2.45, 2.75) is 51.7 Å². The Bertz CT molecular complexity index is 1140. The van der Waals surface area contributed by atoms with Gasteiger partial charge < -0.3 is 19.8 Å². The number of nitrogens with one attached hydrogen (secondary N) is 1. The minimum absolute atomic E-state index is 0.0885. The Morgan fingerprint density at radius 3 is 2.97 bits per heavy atom. The number of aryl methyl sites for hydroxylation is 1. The van der Waals surface area contributed by atoms with Crippen molar-refractivity contribution in [2.75, 3.05) is 12.3 Å². The Labute approximate surface area is 181 Å². The number of nitrogens with two attached hydrogens (primary N) is 1. The van der Waals surface area contributed by atoms with E-state index >= 15 is 0 Å². The van der Waals surface area contributed by atoms with Gasteiger partial charge in [-0.05, 0) is 44.0 Å². The molecule has 1 saturated carbocycles. The minimum Gasteiger partial charge on any atom is -0.488 e. The Morgan fingerprint density at radius 2 is 2.16 bits per heavy atom. The third-order valence-corrected chi connectivity index (χ3v) is 5.95. The molecule has 1 aromatic carbocycles. The standard InChI is InChI=1S/C23H26N6O2/c1-14-28-19-12-29(10-7-20(19)30-14)21-6-5-18(26-13-27-21)22(25)16-11-15(3-4-17(16)24)31-23(2)8-9-23/h3-5,11,13,25H,6-10,12,24H2,1-2H3. The van der Waals surface area contributed by atoms with Gasteiger partial charge in [0.05, 0.1) is 18.0 Å². The van der Waals surface area contributed by atoms with Crippen LogP contribution in [0.15, 0.2) is 44.4 Å². The second-order valence-electron chi connectivity index (χ2n) is 8.53. The molecule has 3 N–H and O–H groups in total. The van der Waals surface area contributed by atoms with Crippen molar-refractivity contribution >= 4 is 23.6 Å². The summed E-state index contributed by atoms with van der Waals surface area (Å²) in [5, 5.41) is 8.71. The number of allylic oxidation sites excluding steroid dienone is 1. The highest BCUT2D eigenvalue weighted by molar-refractivity contribution is 6.14. The largest absolute Gasteiger partial charge is 0.488 e. The van der Waals surface area contributed by atoms with E-state index in [1.54, 1.807) is 6.07 Å². The number of hydrogen-bond acceptors (Lipinski definition) is 8. The molecule has 8 heteroatoms. The summed E-state index contributed by atoms with van der Waals surface area (Å²) >= 11 is 0. The summed E-state index contributed by atoms with van der Waals surface area (Å²) in [5.41, 5.74) is 9.03. The Hall–Kier alpha value is -3.42. The molecule has 0 amide bonds. The molecule has 3 heterocycles. The fourth-order valence-electron chi connectivity index (χ4n) is 3.89. The molecule has 0 radical (unpaired) electrons. The quantitative estimate of drug-likeness (QED) is 0.581. The number of hydrogen-bond donors (Lipinski definition) is 2. The Morgan fingerprint density at radius 1 is 1.32 bits per heavy atom. The molecular formula is C23H26N6O2. The first-order valence-electron chi connectivity index (χ1n) is 10.6. The number of fused-ring (bicyclic) bond motifs is 1. The molecule has 0 saturated heterocycles. The van der Waals surface area contributed by atoms with Gasteiger partial charge in [0.15, 0.2) is 5.89 Å². The second kappa shape index (κ2) is 7.37. The number of aliphatic imine (C=N–C) groups is 2. The molecule has 1 aromatic heterocycles. The fourth-order valence-corrected chi connectivity index (χ4v) is 3.89. The van der Waals surface area contributed by atoms with Crippen LogP contribution >= 0.6 is 0 Å². The zero-order valence-corrected chi connectivity index (χ0v) is 17.8. The van der Waals surface area contributed by atoms with Gasteiger partial charge >= 0.3 is 0 Å². The van der Waals surface area contributed by atoms with Gasteiger partial charge in [-0.1, -0.05) is 0 Å². The van der Waals surface area contributed by atoms with Crippen LogP contribution in [0.4, 0.5) is 5.69 Å². The van der Waals surface area contributed by atoms with E-state index in [0.717, 1.165) is 48.8 Å². The summed E-state index contributed by atoms with van der Waals surface area (Å²) in [4.78, 5) is 15.6. The zero-order chi connectivity index (χ0) is 21.6. The monoisotopic (exact) mass is 418 g/mol. The van der Waals surface area contributed by atoms with Gasteiger partial charge in [-0.15, -0.1) is 0 Å². The van der Waals surface area contributed by atoms with Crippen molar-refractivity contribution < 1.29 is 9.15 Å². The predicted molar refractivity (Wildman–Crippen MR) is 120 cm³/mol. The number of aromatic nitrogens is 1. The maximum Gasteiger partial charge on any atom is 0.191 e. The first-order chi connectivity index (χ1) is 14.9. The summed E-state index contributed by atoms with van der Waals surface area (Å²) in [6, 6.07) is 5.49. The van der Waals surface area contributed by atoms with Gasteiger partial charge in [0.25, 0.3) is 0 Å². The number of nitrogen functional groups attached to an aromatic ring is 1. The number of oxazole rings is 1. The number of amidine groups is 1. The van der Waals surface area contributed by atoms with E-state index in [9.17, 15) is 0 Å². The average molecular weight is 419 g/mol. The molecule has 1 fully saturated rings. The highest BCUT2D eigenvalue weighted by atomic mass is 16.5. The van der Waals surface area contributed by atoms with E-state index in [1.165, 1.54) is 6.34 Å². The van der Waals surface area contributed by atoms with Crippen LogP contribution in [0.1, 0.15) is 49.1 Å². The van der Waals surface area contributed by atoms with Crippen molar-refractivity contribution in [2.24, 2.45) is 9.98 Å². The molecule has 2 aliphatic heterocycles. The lowest BCUT2D eigenvalue weighted by Crippen LogP contribution is -2.35. The van der Waals surface area contributed by atoms with E-state index in [1.807, 2.05) is 25.1 Å². The second-order valence-corrected chi connectivity index (χ2v) is 8.53. The van der Waals surface area contributed by atoms with Crippen molar-refractivity contribution in [1.82, 2.24) is 9.88 Å². The first kappa shape index (κ1) is 19.5. The fraction of sp³-hybridized carbons (Fsp3) is 0.391. The number of nitrogens with zero attached hydrogens (tertiary/aromatic N) is 4. The van der Waals surface area contributed by atoms with Crippen LogP contribution in [0.5, 0.6) is 5.75 Å². The molecule has 5 rings (SSSR count). The lowest BCUT2D eigenvalue weighted by Gasteiger charge is -2.27. The normalized spacial score (nSPS) is 19.2. The third-order valence-electron chi connectivity index (χ3n) is 5.95. The average Bonchev–Trinajstić information content (AvgIpc) is 3.42. The van der Waals surface area contributed by atoms with Crippen molar-refractivity contribution in [3.8, 4) is 5.75 Å². The van der Waals surface area contributed by atoms with E-state index in [-0.39, 0.29) is 11.3 Å². The molecule has 2 aromatic rings. The maximum absolute atomic E-state index is 8.71. The van der Waals surface area contributed by atoms with E-state index in [4.69, 9.17) is 20.3 Å². The molecule has 3 aliphatic rings. The van der Waals surface area contributed by atoms with Crippen LogP contribution in [-0.4, -0.2) is 39.9 Å². The SMILES string of the molecule is Cc1nc2c(o1)CCN(C1=NC=NC(C(=N)c3cc(OC4(C)CC4)ccc3N)=CC1)C2. The maximum atomic E-state index is 8.71. The molecule has 31 heavy (non-hydrogen) atoms. The molecule has 0 spiro atoms. The van der Waals surface area contributed by atoms with Crippen molar-refractivity contribution in [3.05, 3.63) is 52.9 Å². The molecular weight excluding hydrogens is 392 g/mol. The number of ether oxygens (including phenoxy) is 1. The van der Waals surface area contributed by atoms with Gasteiger partial charge in [0, 0.05) is 37.6 Å². The summed E-state index contributed by atoms with van der Waals surface area (Å²) in [5.74, 6) is 3.30. The van der Waals surface area contributed by atoms with E-state index < -0.39 is 0 Å². The zero-order valence-electron chi connectivity index (χ0n) is 17.8.